The van der Waals surface area contributed by atoms with Crippen molar-refractivity contribution in [3.63, 3.8) is 0 Å². The zero-order valence-electron chi connectivity index (χ0n) is 11.0. The van der Waals surface area contributed by atoms with E-state index in [1.54, 1.807) is 11.3 Å². The Morgan fingerprint density at radius 1 is 1.59 bits per heavy atom. The number of aryl methyl sites for hydroxylation is 1. The van der Waals surface area contributed by atoms with Crippen molar-refractivity contribution in [2.45, 2.75) is 51.6 Å². The standard InChI is InChI=1S/C13H23N3S/c1-10-8-14-12(17-10)11(2)15-9-13(3)6-4-5-7-16-13/h8,11,15-16H,4-7,9H2,1-3H3. The van der Waals surface area contributed by atoms with Gasteiger partial charge >= 0.3 is 0 Å². The number of piperidine rings is 1. The van der Waals surface area contributed by atoms with Crippen LogP contribution in [-0.4, -0.2) is 23.6 Å². The van der Waals surface area contributed by atoms with Gasteiger partial charge in [0.2, 0.25) is 0 Å². The van der Waals surface area contributed by atoms with E-state index in [4.69, 9.17) is 0 Å². The summed E-state index contributed by atoms with van der Waals surface area (Å²) in [5.41, 5.74) is 0.263. The second-order valence-electron chi connectivity index (χ2n) is 5.36. The Balaban J connectivity index is 1.85. The Kier molecular flexibility index (Phi) is 4.17. The third-order valence-corrected chi connectivity index (χ3v) is 4.61. The van der Waals surface area contributed by atoms with Crippen LogP contribution in [0.2, 0.25) is 0 Å². The van der Waals surface area contributed by atoms with Crippen molar-refractivity contribution in [3.05, 3.63) is 16.1 Å². The van der Waals surface area contributed by atoms with E-state index < -0.39 is 0 Å². The fraction of sp³-hybridized carbons (Fsp3) is 0.769. The molecule has 0 saturated carbocycles. The molecule has 1 aromatic heterocycles. The number of rotatable bonds is 4. The summed E-state index contributed by atoms with van der Waals surface area (Å²) in [6, 6.07) is 0.356. The van der Waals surface area contributed by atoms with Crippen LogP contribution in [0.15, 0.2) is 6.20 Å². The molecule has 2 heterocycles. The Bertz CT molecular complexity index is 355. The van der Waals surface area contributed by atoms with Crippen LogP contribution in [0.25, 0.3) is 0 Å². The Labute approximate surface area is 108 Å². The second kappa shape index (κ2) is 5.46. The Morgan fingerprint density at radius 2 is 2.41 bits per heavy atom. The predicted molar refractivity (Wildman–Crippen MR) is 73.5 cm³/mol. The molecule has 2 atom stereocenters. The number of nitrogens with one attached hydrogen (secondary N) is 2. The molecule has 2 N–H and O–H groups in total. The first-order chi connectivity index (χ1) is 8.09. The number of thiazole rings is 1. The van der Waals surface area contributed by atoms with Crippen LogP contribution in [0.3, 0.4) is 0 Å². The number of aromatic nitrogens is 1. The molecule has 2 rings (SSSR count). The van der Waals surface area contributed by atoms with E-state index in [0.717, 1.165) is 13.1 Å². The van der Waals surface area contributed by atoms with Crippen LogP contribution in [0, 0.1) is 6.92 Å². The van der Waals surface area contributed by atoms with Crippen LogP contribution < -0.4 is 10.6 Å². The molecule has 96 valence electrons. The van der Waals surface area contributed by atoms with E-state index in [0.29, 0.717) is 6.04 Å². The fourth-order valence-corrected chi connectivity index (χ4v) is 3.11. The molecule has 3 nitrogen and oxygen atoms in total. The lowest BCUT2D eigenvalue weighted by molar-refractivity contribution is 0.260. The topological polar surface area (TPSA) is 37.0 Å². The quantitative estimate of drug-likeness (QED) is 0.866. The van der Waals surface area contributed by atoms with Crippen molar-refractivity contribution in [1.29, 1.82) is 0 Å². The molecule has 1 saturated heterocycles. The highest BCUT2D eigenvalue weighted by atomic mass is 32.1. The van der Waals surface area contributed by atoms with Gasteiger partial charge in [-0.25, -0.2) is 4.98 Å². The normalized spacial score (nSPS) is 27.0. The van der Waals surface area contributed by atoms with Crippen molar-refractivity contribution in [2.75, 3.05) is 13.1 Å². The smallest absolute Gasteiger partial charge is 0.109 e. The van der Waals surface area contributed by atoms with Crippen LogP contribution >= 0.6 is 11.3 Å². The van der Waals surface area contributed by atoms with Gasteiger partial charge in [-0.1, -0.05) is 6.42 Å². The molecule has 0 aliphatic carbocycles. The van der Waals surface area contributed by atoms with Crippen molar-refractivity contribution < 1.29 is 0 Å². The van der Waals surface area contributed by atoms with E-state index in [1.165, 1.54) is 29.1 Å². The lowest BCUT2D eigenvalue weighted by Gasteiger charge is -2.36. The summed E-state index contributed by atoms with van der Waals surface area (Å²) in [5.74, 6) is 0. The lowest BCUT2D eigenvalue weighted by Crippen LogP contribution is -2.52. The van der Waals surface area contributed by atoms with Gasteiger partial charge in [-0.2, -0.15) is 0 Å². The summed E-state index contributed by atoms with van der Waals surface area (Å²) in [7, 11) is 0. The molecule has 1 aromatic rings. The summed E-state index contributed by atoms with van der Waals surface area (Å²) in [4.78, 5) is 5.73. The molecule has 1 aliphatic rings. The van der Waals surface area contributed by atoms with Crippen molar-refractivity contribution in [1.82, 2.24) is 15.6 Å². The minimum atomic E-state index is 0.263. The highest BCUT2D eigenvalue weighted by Gasteiger charge is 2.26. The number of hydrogen-bond acceptors (Lipinski definition) is 4. The molecule has 0 bridgehead atoms. The molecule has 0 spiro atoms. The van der Waals surface area contributed by atoms with Gasteiger partial charge in [0.25, 0.3) is 0 Å². The highest BCUT2D eigenvalue weighted by Crippen LogP contribution is 2.22. The first kappa shape index (κ1) is 13.0. The van der Waals surface area contributed by atoms with E-state index in [1.807, 2.05) is 6.20 Å². The van der Waals surface area contributed by atoms with E-state index in [9.17, 15) is 0 Å². The molecule has 1 aliphatic heterocycles. The average molecular weight is 253 g/mol. The van der Waals surface area contributed by atoms with Crippen LogP contribution in [0.5, 0.6) is 0 Å². The maximum atomic E-state index is 4.44. The monoisotopic (exact) mass is 253 g/mol. The molecule has 17 heavy (non-hydrogen) atoms. The van der Waals surface area contributed by atoms with E-state index in [-0.39, 0.29) is 5.54 Å². The number of nitrogens with zero attached hydrogens (tertiary/aromatic N) is 1. The predicted octanol–water partition coefficient (Wildman–Crippen LogP) is 2.63. The Hall–Kier alpha value is -0.450. The Morgan fingerprint density at radius 3 is 3.00 bits per heavy atom. The van der Waals surface area contributed by atoms with Crippen LogP contribution in [0.1, 0.15) is 49.0 Å². The first-order valence-corrected chi connectivity index (χ1v) is 7.31. The maximum absolute atomic E-state index is 4.44. The minimum Gasteiger partial charge on any atom is -0.310 e. The number of hydrogen-bond donors (Lipinski definition) is 2. The summed E-state index contributed by atoms with van der Waals surface area (Å²) in [6.45, 7) is 8.80. The van der Waals surface area contributed by atoms with Gasteiger partial charge in [0.15, 0.2) is 0 Å². The summed E-state index contributed by atoms with van der Waals surface area (Å²) < 4.78 is 0. The molecule has 2 unspecified atom stereocenters. The maximum Gasteiger partial charge on any atom is 0.109 e. The van der Waals surface area contributed by atoms with Gasteiger partial charge in [0.05, 0.1) is 6.04 Å². The molecule has 0 aromatic carbocycles. The van der Waals surface area contributed by atoms with Crippen molar-refractivity contribution >= 4 is 11.3 Å². The van der Waals surface area contributed by atoms with Crippen molar-refractivity contribution in [2.24, 2.45) is 0 Å². The molecular weight excluding hydrogens is 230 g/mol. The van der Waals surface area contributed by atoms with Gasteiger partial charge in [0, 0.05) is 23.2 Å². The minimum absolute atomic E-state index is 0.263. The third-order valence-electron chi connectivity index (χ3n) is 3.52. The largest absolute Gasteiger partial charge is 0.310 e. The highest BCUT2D eigenvalue weighted by molar-refractivity contribution is 7.11. The zero-order valence-corrected chi connectivity index (χ0v) is 11.9. The SMILES string of the molecule is Cc1cnc(C(C)NCC2(C)CCCCN2)s1. The molecule has 0 amide bonds. The fourth-order valence-electron chi connectivity index (χ4n) is 2.31. The van der Waals surface area contributed by atoms with E-state index in [2.05, 4.69) is 36.4 Å². The second-order valence-corrected chi connectivity index (χ2v) is 6.62. The van der Waals surface area contributed by atoms with Gasteiger partial charge in [0.1, 0.15) is 5.01 Å². The lowest BCUT2D eigenvalue weighted by atomic mass is 9.91. The molecular formula is C13H23N3S. The van der Waals surface area contributed by atoms with Crippen LogP contribution in [-0.2, 0) is 0 Å². The summed E-state index contributed by atoms with van der Waals surface area (Å²) >= 11 is 1.79. The van der Waals surface area contributed by atoms with Gasteiger partial charge in [-0.15, -0.1) is 11.3 Å². The summed E-state index contributed by atoms with van der Waals surface area (Å²) in [6.07, 6.45) is 5.88. The van der Waals surface area contributed by atoms with Gasteiger partial charge in [-0.3, -0.25) is 0 Å². The van der Waals surface area contributed by atoms with Crippen molar-refractivity contribution in [3.8, 4) is 0 Å². The molecule has 4 heteroatoms. The molecule has 0 radical (unpaired) electrons. The average Bonchev–Trinajstić information content (AvgIpc) is 2.74. The van der Waals surface area contributed by atoms with Gasteiger partial charge in [-0.05, 0) is 40.2 Å². The first-order valence-electron chi connectivity index (χ1n) is 6.50. The third kappa shape index (κ3) is 3.50. The zero-order chi connectivity index (χ0) is 12.3. The van der Waals surface area contributed by atoms with Crippen LogP contribution in [0.4, 0.5) is 0 Å². The molecule has 1 fully saturated rings. The van der Waals surface area contributed by atoms with E-state index >= 15 is 0 Å². The van der Waals surface area contributed by atoms with Gasteiger partial charge < -0.3 is 10.6 Å². The summed E-state index contributed by atoms with van der Waals surface area (Å²) in [5, 5.41) is 8.43.